The lowest BCUT2D eigenvalue weighted by Crippen LogP contribution is -2.05. The Morgan fingerprint density at radius 3 is 2.56 bits per heavy atom. The van der Waals surface area contributed by atoms with Crippen LogP contribution in [0.1, 0.15) is 5.56 Å². The lowest BCUT2D eigenvalue weighted by Gasteiger charge is -2.06. The van der Waals surface area contributed by atoms with Gasteiger partial charge < -0.3 is 9.15 Å². The molecule has 0 radical (unpaired) electrons. The molecule has 158 valence electrons. The van der Waals surface area contributed by atoms with Gasteiger partial charge in [-0.25, -0.2) is 4.79 Å². The van der Waals surface area contributed by atoms with Gasteiger partial charge in [0, 0.05) is 34.9 Å². The minimum absolute atomic E-state index is 0.0836. The second kappa shape index (κ2) is 8.87. The van der Waals surface area contributed by atoms with Crippen LogP contribution in [-0.2, 0) is 4.79 Å². The first-order valence-corrected chi connectivity index (χ1v) is 9.75. The summed E-state index contributed by atoms with van der Waals surface area (Å²) in [5.74, 6) is -0.139. The average Bonchev–Trinajstić information content (AvgIpc) is 2.78. The van der Waals surface area contributed by atoms with Gasteiger partial charge >= 0.3 is 5.97 Å². The summed E-state index contributed by atoms with van der Waals surface area (Å²) in [6, 6.07) is 18.6. The van der Waals surface area contributed by atoms with E-state index in [1.54, 1.807) is 36.4 Å². The Hall–Kier alpha value is -4.23. The van der Waals surface area contributed by atoms with Crippen molar-refractivity contribution < 1.29 is 18.9 Å². The molecule has 0 aliphatic rings. The van der Waals surface area contributed by atoms with Crippen molar-refractivity contribution in [3.05, 3.63) is 110 Å². The number of hydrogen-bond acceptors (Lipinski definition) is 6. The fourth-order valence-corrected chi connectivity index (χ4v) is 3.14. The molecule has 0 spiro atoms. The molecule has 7 nitrogen and oxygen atoms in total. The van der Waals surface area contributed by atoms with Crippen LogP contribution in [0.15, 0.2) is 88.1 Å². The zero-order valence-corrected chi connectivity index (χ0v) is 17.1. The van der Waals surface area contributed by atoms with Crippen LogP contribution in [0.2, 0.25) is 5.02 Å². The van der Waals surface area contributed by atoms with Crippen LogP contribution in [0.4, 0.5) is 5.69 Å². The van der Waals surface area contributed by atoms with E-state index in [0.29, 0.717) is 27.5 Å². The van der Waals surface area contributed by atoms with Gasteiger partial charge in [0.2, 0.25) is 0 Å². The fraction of sp³-hybridized carbons (Fsp3) is 0. The summed E-state index contributed by atoms with van der Waals surface area (Å²) in [5, 5.41) is 11.7. The lowest BCUT2D eigenvalue weighted by molar-refractivity contribution is -0.384. The number of ether oxygens (including phenoxy) is 1. The molecule has 0 fully saturated rings. The topological polar surface area (TPSA) is 99.7 Å². The Morgan fingerprint density at radius 1 is 1.03 bits per heavy atom. The van der Waals surface area contributed by atoms with E-state index in [1.807, 2.05) is 0 Å². The van der Waals surface area contributed by atoms with Crippen molar-refractivity contribution in [3.8, 4) is 17.1 Å². The van der Waals surface area contributed by atoms with Crippen molar-refractivity contribution in [3.63, 3.8) is 0 Å². The molecule has 32 heavy (non-hydrogen) atoms. The third kappa shape index (κ3) is 4.74. The molecule has 4 aromatic rings. The standard InChI is InChI=1S/C24H14ClNO6/c25-17-7-5-16(6-8-17)23-14-21(27)20-13-19(9-10-22(20)32-23)31-24(28)11-4-15-2-1-3-18(12-15)26(29)30/h1-14H. The molecule has 0 aliphatic heterocycles. The van der Waals surface area contributed by atoms with Crippen molar-refractivity contribution in [2.75, 3.05) is 0 Å². The van der Waals surface area contributed by atoms with E-state index in [-0.39, 0.29) is 22.3 Å². The molecule has 0 unspecified atom stereocenters. The van der Waals surface area contributed by atoms with Gasteiger partial charge in [0.1, 0.15) is 17.1 Å². The number of hydrogen-bond donors (Lipinski definition) is 0. The highest BCUT2D eigenvalue weighted by molar-refractivity contribution is 6.30. The Balaban J connectivity index is 1.54. The molecule has 4 rings (SSSR count). The monoisotopic (exact) mass is 447 g/mol. The van der Waals surface area contributed by atoms with Crippen molar-refractivity contribution in [2.24, 2.45) is 0 Å². The molecule has 8 heteroatoms. The SMILES string of the molecule is O=C(C=Cc1cccc([N+](=O)[O-])c1)Oc1ccc2oc(-c3ccc(Cl)cc3)cc(=O)c2c1. The van der Waals surface area contributed by atoms with Gasteiger partial charge in [0.25, 0.3) is 5.69 Å². The number of nitrogens with zero attached hydrogens (tertiary/aromatic N) is 1. The highest BCUT2D eigenvalue weighted by Gasteiger charge is 2.10. The smallest absolute Gasteiger partial charge is 0.336 e. The summed E-state index contributed by atoms with van der Waals surface area (Å²) in [5.41, 5.74) is 1.15. The number of nitro benzene ring substituents is 1. The molecule has 0 amide bonds. The Kier molecular flexibility index (Phi) is 5.83. The van der Waals surface area contributed by atoms with E-state index in [1.165, 1.54) is 42.5 Å². The number of rotatable bonds is 5. The second-order valence-corrected chi connectivity index (χ2v) is 7.18. The molecule has 0 saturated carbocycles. The quantitative estimate of drug-likeness (QED) is 0.129. The maximum atomic E-state index is 12.6. The number of carbonyl (C=O) groups excluding carboxylic acids is 1. The Morgan fingerprint density at radius 2 is 1.81 bits per heavy atom. The summed E-state index contributed by atoms with van der Waals surface area (Å²) in [4.78, 5) is 35.0. The predicted octanol–water partition coefficient (Wildman–Crippen LogP) is 5.64. The van der Waals surface area contributed by atoms with Crippen LogP contribution in [0.25, 0.3) is 28.4 Å². The molecule has 0 N–H and O–H groups in total. The van der Waals surface area contributed by atoms with Crippen LogP contribution < -0.4 is 10.2 Å². The van der Waals surface area contributed by atoms with Crippen molar-refractivity contribution in [1.82, 2.24) is 0 Å². The number of nitro groups is 1. The number of esters is 1. The predicted molar refractivity (Wildman–Crippen MR) is 121 cm³/mol. The van der Waals surface area contributed by atoms with E-state index in [9.17, 15) is 19.7 Å². The van der Waals surface area contributed by atoms with Gasteiger partial charge in [-0.05, 0) is 54.1 Å². The molecule has 0 aliphatic carbocycles. The lowest BCUT2D eigenvalue weighted by atomic mass is 10.1. The van der Waals surface area contributed by atoms with E-state index in [4.69, 9.17) is 20.8 Å². The first kappa shape index (κ1) is 21.0. The zero-order chi connectivity index (χ0) is 22.7. The molecule has 1 heterocycles. The number of carbonyl (C=O) groups is 1. The third-order valence-electron chi connectivity index (χ3n) is 4.54. The van der Waals surface area contributed by atoms with Crippen molar-refractivity contribution in [1.29, 1.82) is 0 Å². The molecular formula is C24H14ClNO6. The van der Waals surface area contributed by atoms with Gasteiger partial charge in [-0.2, -0.15) is 0 Å². The van der Waals surface area contributed by atoms with E-state index in [0.717, 1.165) is 6.08 Å². The van der Waals surface area contributed by atoms with Gasteiger partial charge in [-0.1, -0.05) is 23.7 Å². The fourth-order valence-electron chi connectivity index (χ4n) is 3.01. The average molecular weight is 448 g/mol. The summed E-state index contributed by atoms with van der Waals surface area (Å²) in [7, 11) is 0. The maximum absolute atomic E-state index is 12.6. The molecular weight excluding hydrogens is 434 g/mol. The number of benzene rings is 3. The Bertz CT molecular complexity index is 1420. The molecule has 0 bridgehead atoms. The van der Waals surface area contributed by atoms with Crippen LogP contribution in [0, 0.1) is 10.1 Å². The van der Waals surface area contributed by atoms with E-state index < -0.39 is 10.9 Å². The van der Waals surface area contributed by atoms with Crippen LogP contribution >= 0.6 is 11.6 Å². The Labute approximate surface area is 186 Å². The molecule has 0 atom stereocenters. The zero-order valence-electron chi connectivity index (χ0n) is 16.4. The summed E-state index contributed by atoms with van der Waals surface area (Å²) in [6.45, 7) is 0. The summed E-state index contributed by atoms with van der Waals surface area (Å²) in [6.07, 6.45) is 2.55. The van der Waals surface area contributed by atoms with Gasteiger partial charge in [0.05, 0.1) is 10.3 Å². The normalized spacial score (nSPS) is 11.0. The first-order valence-electron chi connectivity index (χ1n) is 9.37. The maximum Gasteiger partial charge on any atom is 0.336 e. The molecule has 3 aromatic carbocycles. The second-order valence-electron chi connectivity index (χ2n) is 6.75. The van der Waals surface area contributed by atoms with Gasteiger partial charge in [0.15, 0.2) is 5.43 Å². The van der Waals surface area contributed by atoms with Crippen LogP contribution in [0.5, 0.6) is 5.75 Å². The minimum atomic E-state index is -0.696. The van der Waals surface area contributed by atoms with Crippen LogP contribution in [0.3, 0.4) is 0 Å². The summed E-state index contributed by atoms with van der Waals surface area (Å²) < 4.78 is 11.1. The minimum Gasteiger partial charge on any atom is -0.456 e. The highest BCUT2D eigenvalue weighted by Crippen LogP contribution is 2.26. The van der Waals surface area contributed by atoms with Gasteiger partial charge in [-0.3, -0.25) is 14.9 Å². The molecule has 0 saturated heterocycles. The van der Waals surface area contributed by atoms with Gasteiger partial charge in [-0.15, -0.1) is 0 Å². The number of halogens is 1. The highest BCUT2D eigenvalue weighted by atomic mass is 35.5. The van der Waals surface area contributed by atoms with E-state index in [2.05, 4.69) is 0 Å². The van der Waals surface area contributed by atoms with E-state index >= 15 is 0 Å². The summed E-state index contributed by atoms with van der Waals surface area (Å²) >= 11 is 5.90. The third-order valence-corrected chi connectivity index (χ3v) is 4.79. The number of fused-ring (bicyclic) bond motifs is 1. The van der Waals surface area contributed by atoms with Crippen molar-refractivity contribution >= 4 is 40.3 Å². The number of non-ortho nitro benzene ring substituents is 1. The van der Waals surface area contributed by atoms with Crippen molar-refractivity contribution in [2.45, 2.75) is 0 Å². The molecule has 1 aromatic heterocycles. The van der Waals surface area contributed by atoms with Crippen LogP contribution in [-0.4, -0.2) is 10.9 Å². The first-order chi connectivity index (χ1) is 15.4. The largest absolute Gasteiger partial charge is 0.456 e.